The minimum absolute atomic E-state index is 0.643. The molecule has 16 heavy (non-hydrogen) atoms. The lowest BCUT2D eigenvalue weighted by molar-refractivity contribution is 0.506. The molecule has 0 bridgehead atoms. The average Bonchev–Trinajstić information content (AvgIpc) is 2.24. The van der Waals surface area contributed by atoms with Gasteiger partial charge in [0.1, 0.15) is 0 Å². The lowest BCUT2D eigenvalue weighted by atomic mass is 10.3. The van der Waals surface area contributed by atoms with Crippen LogP contribution in [-0.2, 0) is 0 Å². The molecule has 0 heterocycles. The van der Waals surface area contributed by atoms with Gasteiger partial charge in [-0.2, -0.15) is 0 Å². The Bertz CT molecular complexity index is 514. The molecule has 2 N–H and O–H groups in total. The van der Waals surface area contributed by atoms with Gasteiger partial charge in [0, 0.05) is 15.5 Å². The fraction of sp³-hybridized carbons (Fsp3) is 0. The van der Waals surface area contributed by atoms with Gasteiger partial charge in [0.2, 0.25) is 0 Å². The first-order chi connectivity index (χ1) is 7.65. The summed E-state index contributed by atoms with van der Waals surface area (Å²) in [6, 6.07) is 11.1. The van der Waals surface area contributed by atoms with E-state index in [2.05, 4.69) is 0 Å². The molecule has 0 saturated carbocycles. The predicted octanol–water partition coefficient (Wildman–Crippen LogP) is 3.70. The van der Waals surface area contributed by atoms with E-state index in [-0.39, 0.29) is 0 Å². The van der Waals surface area contributed by atoms with E-state index in [4.69, 9.17) is 5.73 Å². The molecule has 0 amide bonds. The Morgan fingerprint density at radius 1 is 0.875 bits per heavy atom. The van der Waals surface area contributed by atoms with Crippen LogP contribution in [-0.4, -0.2) is 0 Å². The number of rotatable bonds is 2. The predicted molar refractivity (Wildman–Crippen MR) is 61.3 cm³/mol. The molecule has 0 aromatic heterocycles. The summed E-state index contributed by atoms with van der Waals surface area (Å²) in [7, 11) is 0. The van der Waals surface area contributed by atoms with Crippen molar-refractivity contribution in [3.63, 3.8) is 0 Å². The van der Waals surface area contributed by atoms with E-state index in [1.165, 1.54) is 23.9 Å². The van der Waals surface area contributed by atoms with E-state index in [1.807, 2.05) is 12.1 Å². The van der Waals surface area contributed by atoms with Gasteiger partial charge in [-0.25, -0.2) is 8.78 Å². The van der Waals surface area contributed by atoms with Crippen LogP contribution >= 0.6 is 11.8 Å². The zero-order valence-electron chi connectivity index (χ0n) is 8.28. The molecular formula is C12H9F2NS. The van der Waals surface area contributed by atoms with Crippen molar-refractivity contribution in [3.8, 4) is 0 Å². The molecule has 0 fully saturated rings. The fourth-order valence-corrected chi connectivity index (χ4v) is 2.17. The number of benzene rings is 2. The number of halogens is 2. The van der Waals surface area contributed by atoms with E-state index in [0.29, 0.717) is 10.6 Å². The van der Waals surface area contributed by atoms with Crippen LogP contribution in [0.3, 0.4) is 0 Å². The van der Waals surface area contributed by atoms with Crippen molar-refractivity contribution < 1.29 is 8.78 Å². The average molecular weight is 237 g/mol. The Hall–Kier alpha value is -1.55. The molecule has 0 radical (unpaired) electrons. The van der Waals surface area contributed by atoms with Crippen LogP contribution in [0.1, 0.15) is 0 Å². The van der Waals surface area contributed by atoms with E-state index in [1.54, 1.807) is 12.1 Å². The second kappa shape index (κ2) is 4.53. The van der Waals surface area contributed by atoms with Crippen molar-refractivity contribution in [1.29, 1.82) is 0 Å². The van der Waals surface area contributed by atoms with Crippen LogP contribution in [0.5, 0.6) is 0 Å². The number of nitrogen functional groups attached to an aromatic ring is 1. The Balaban J connectivity index is 2.24. The van der Waals surface area contributed by atoms with Crippen LogP contribution in [0.25, 0.3) is 0 Å². The topological polar surface area (TPSA) is 26.0 Å². The van der Waals surface area contributed by atoms with Crippen molar-refractivity contribution in [1.82, 2.24) is 0 Å². The maximum Gasteiger partial charge on any atom is 0.159 e. The SMILES string of the molecule is Nc1cccc(Sc2ccc(F)c(F)c2)c1. The van der Waals surface area contributed by atoms with Gasteiger partial charge >= 0.3 is 0 Å². The van der Waals surface area contributed by atoms with Gasteiger partial charge in [0.15, 0.2) is 11.6 Å². The van der Waals surface area contributed by atoms with Crippen LogP contribution in [0.2, 0.25) is 0 Å². The van der Waals surface area contributed by atoms with Gasteiger partial charge in [0.25, 0.3) is 0 Å². The quantitative estimate of drug-likeness (QED) is 0.806. The highest BCUT2D eigenvalue weighted by molar-refractivity contribution is 7.99. The molecule has 0 unspecified atom stereocenters. The first kappa shape index (κ1) is 11.0. The highest BCUT2D eigenvalue weighted by Gasteiger charge is 2.04. The van der Waals surface area contributed by atoms with Crippen molar-refractivity contribution in [2.24, 2.45) is 0 Å². The summed E-state index contributed by atoms with van der Waals surface area (Å²) in [5.41, 5.74) is 6.26. The summed E-state index contributed by atoms with van der Waals surface area (Å²) < 4.78 is 25.6. The first-order valence-electron chi connectivity index (χ1n) is 4.63. The molecule has 0 atom stereocenters. The Labute approximate surface area is 96.3 Å². The lowest BCUT2D eigenvalue weighted by Crippen LogP contribution is -1.85. The molecule has 0 aliphatic heterocycles. The molecule has 0 spiro atoms. The lowest BCUT2D eigenvalue weighted by Gasteiger charge is -2.03. The van der Waals surface area contributed by atoms with Gasteiger partial charge in [-0.15, -0.1) is 0 Å². The summed E-state index contributed by atoms with van der Waals surface area (Å²) in [4.78, 5) is 1.54. The molecule has 0 aliphatic carbocycles. The fourth-order valence-electron chi connectivity index (χ4n) is 1.25. The van der Waals surface area contributed by atoms with Crippen LogP contribution < -0.4 is 5.73 Å². The highest BCUT2D eigenvalue weighted by atomic mass is 32.2. The van der Waals surface area contributed by atoms with E-state index in [9.17, 15) is 8.78 Å². The maximum absolute atomic E-state index is 12.9. The summed E-state index contributed by atoms with van der Waals surface area (Å²) in [6.45, 7) is 0. The summed E-state index contributed by atoms with van der Waals surface area (Å²) in [5.74, 6) is -1.68. The van der Waals surface area contributed by atoms with Gasteiger partial charge in [-0.3, -0.25) is 0 Å². The van der Waals surface area contributed by atoms with Gasteiger partial charge in [-0.05, 0) is 36.4 Å². The highest BCUT2D eigenvalue weighted by Crippen LogP contribution is 2.29. The zero-order chi connectivity index (χ0) is 11.5. The summed E-state index contributed by atoms with van der Waals surface area (Å²) in [6.07, 6.45) is 0. The molecule has 0 saturated heterocycles. The van der Waals surface area contributed by atoms with Crippen molar-refractivity contribution >= 4 is 17.4 Å². The van der Waals surface area contributed by atoms with Gasteiger partial charge in [-0.1, -0.05) is 17.8 Å². The maximum atomic E-state index is 12.9. The zero-order valence-corrected chi connectivity index (χ0v) is 9.10. The molecule has 2 rings (SSSR count). The third kappa shape index (κ3) is 2.52. The van der Waals surface area contributed by atoms with E-state index >= 15 is 0 Å². The number of hydrogen-bond donors (Lipinski definition) is 1. The number of anilines is 1. The minimum Gasteiger partial charge on any atom is -0.399 e. The van der Waals surface area contributed by atoms with Crippen molar-refractivity contribution in [2.75, 3.05) is 5.73 Å². The largest absolute Gasteiger partial charge is 0.399 e. The van der Waals surface area contributed by atoms with Crippen molar-refractivity contribution in [3.05, 3.63) is 54.1 Å². The van der Waals surface area contributed by atoms with E-state index < -0.39 is 11.6 Å². The molecule has 0 aliphatic rings. The van der Waals surface area contributed by atoms with Crippen LogP contribution in [0.4, 0.5) is 14.5 Å². The normalized spacial score (nSPS) is 10.4. The Kier molecular flexibility index (Phi) is 3.10. The van der Waals surface area contributed by atoms with Crippen molar-refractivity contribution in [2.45, 2.75) is 9.79 Å². The molecular weight excluding hydrogens is 228 g/mol. The first-order valence-corrected chi connectivity index (χ1v) is 5.45. The second-order valence-corrected chi connectivity index (χ2v) is 4.40. The van der Waals surface area contributed by atoms with Gasteiger partial charge in [0.05, 0.1) is 0 Å². The van der Waals surface area contributed by atoms with E-state index in [0.717, 1.165) is 11.0 Å². The van der Waals surface area contributed by atoms with Crippen LogP contribution in [0, 0.1) is 11.6 Å². The smallest absolute Gasteiger partial charge is 0.159 e. The molecule has 1 nitrogen and oxygen atoms in total. The third-order valence-electron chi connectivity index (χ3n) is 1.98. The standard InChI is InChI=1S/C12H9F2NS/c13-11-5-4-10(7-12(11)14)16-9-3-1-2-8(15)6-9/h1-7H,15H2. The minimum atomic E-state index is -0.839. The Morgan fingerprint density at radius 3 is 2.31 bits per heavy atom. The number of hydrogen-bond acceptors (Lipinski definition) is 2. The molecule has 4 heteroatoms. The van der Waals surface area contributed by atoms with Gasteiger partial charge < -0.3 is 5.73 Å². The molecule has 2 aromatic carbocycles. The third-order valence-corrected chi connectivity index (χ3v) is 2.96. The second-order valence-electron chi connectivity index (χ2n) is 3.25. The molecule has 82 valence electrons. The summed E-state index contributed by atoms with van der Waals surface area (Å²) in [5, 5.41) is 0. The summed E-state index contributed by atoms with van der Waals surface area (Å²) >= 11 is 1.34. The number of nitrogens with two attached hydrogens (primary N) is 1. The Morgan fingerprint density at radius 2 is 1.62 bits per heavy atom. The molecule has 2 aromatic rings. The monoisotopic (exact) mass is 237 g/mol. The van der Waals surface area contributed by atoms with Crippen LogP contribution in [0.15, 0.2) is 52.3 Å².